The first kappa shape index (κ1) is 13.2. The Morgan fingerprint density at radius 2 is 2.22 bits per heavy atom. The molecule has 5 nitrogen and oxygen atoms in total. The molecule has 0 spiro atoms. The van der Waals surface area contributed by atoms with Gasteiger partial charge in [0.1, 0.15) is 0 Å². The van der Waals surface area contributed by atoms with Crippen LogP contribution in [0, 0.1) is 0 Å². The first-order valence-corrected chi connectivity index (χ1v) is 7.26. The van der Waals surface area contributed by atoms with Gasteiger partial charge in [-0.05, 0) is 28.1 Å². The number of anilines is 1. The quantitative estimate of drug-likeness (QED) is 0.891. The second-order valence-corrected chi connectivity index (χ2v) is 6.59. The maximum Gasteiger partial charge on any atom is 0.309 e. The van der Waals surface area contributed by atoms with Crippen molar-refractivity contribution in [3.8, 4) is 0 Å². The third kappa shape index (κ3) is 3.37. The third-order valence-electron chi connectivity index (χ3n) is 1.90. The van der Waals surface area contributed by atoms with E-state index in [0.717, 1.165) is 3.79 Å². The highest BCUT2D eigenvalue weighted by Gasteiger charge is 2.12. The zero-order valence-corrected chi connectivity index (χ0v) is 12.1. The first-order chi connectivity index (χ1) is 8.54. The number of aromatic nitrogens is 1. The summed E-state index contributed by atoms with van der Waals surface area (Å²) in [6, 6.07) is 3.49. The minimum atomic E-state index is -0.944. The van der Waals surface area contributed by atoms with E-state index in [2.05, 4.69) is 26.2 Å². The van der Waals surface area contributed by atoms with Crippen molar-refractivity contribution in [3.63, 3.8) is 0 Å². The molecule has 8 heteroatoms. The van der Waals surface area contributed by atoms with E-state index in [9.17, 15) is 9.59 Å². The summed E-state index contributed by atoms with van der Waals surface area (Å²) in [4.78, 5) is 26.9. The Hall–Kier alpha value is -1.25. The molecule has 2 aromatic heterocycles. The number of nitrogens with one attached hydrogen (secondary N) is 1. The molecule has 0 aliphatic heterocycles. The molecule has 2 N–H and O–H groups in total. The predicted molar refractivity (Wildman–Crippen MR) is 73.4 cm³/mol. The Kier molecular flexibility index (Phi) is 4.10. The Labute approximate surface area is 119 Å². The number of carboxylic acid groups (broad SMARTS) is 1. The molecule has 0 saturated heterocycles. The number of amides is 1. The molecular weight excluding hydrogens is 340 g/mol. The maximum absolute atomic E-state index is 11.8. The highest BCUT2D eigenvalue weighted by atomic mass is 79.9. The molecule has 0 unspecified atom stereocenters. The molecule has 0 radical (unpaired) electrons. The van der Waals surface area contributed by atoms with E-state index >= 15 is 0 Å². The Morgan fingerprint density at radius 1 is 1.44 bits per heavy atom. The van der Waals surface area contributed by atoms with E-state index in [0.29, 0.717) is 15.7 Å². The van der Waals surface area contributed by atoms with Gasteiger partial charge in [-0.25, -0.2) is 4.98 Å². The van der Waals surface area contributed by atoms with E-state index in [1.165, 1.54) is 22.7 Å². The van der Waals surface area contributed by atoms with Crippen LogP contribution >= 0.6 is 38.6 Å². The summed E-state index contributed by atoms with van der Waals surface area (Å²) < 4.78 is 0.873. The lowest BCUT2D eigenvalue weighted by Gasteiger charge is -1.97. The standard InChI is InChI=1S/C10H7BrN2O3S2/c11-7-2-1-6(18-7)9(16)13-10-12-5(4-17-10)3-8(14)15/h1-2,4H,3H2,(H,14,15)(H,12,13,16). The summed E-state index contributed by atoms with van der Waals surface area (Å²) in [5.41, 5.74) is 0.440. The second-order valence-electron chi connectivity index (χ2n) is 3.27. The van der Waals surface area contributed by atoms with Crippen LogP contribution in [-0.2, 0) is 11.2 Å². The lowest BCUT2D eigenvalue weighted by atomic mass is 10.3. The van der Waals surface area contributed by atoms with Crippen molar-refractivity contribution in [1.29, 1.82) is 0 Å². The van der Waals surface area contributed by atoms with Crippen molar-refractivity contribution < 1.29 is 14.7 Å². The summed E-state index contributed by atoms with van der Waals surface area (Å²) in [7, 11) is 0. The van der Waals surface area contributed by atoms with Crippen LogP contribution in [0.15, 0.2) is 21.3 Å². The fourth-order valence-electron chi connectivity index (χ4n) is 1.20. The number of carbonyl (C=O) groups excluding carboxylic acids is 1. The van der Waals surface area contributed by atoms with Crippen molar-refractivity contribution >= 4 is 55.6 Å². The van der Waals surface area contributed by atoms with Gasteiger partial charge in [-0.2, -0.15) is 0 Å². The third-order valence-corrected chi connectivity index (χ3v) is 4.33. The fraction of sp³-hybridized carbons (Fsp3) is 0.100. The van der Waals surface area contributed by atoms with Gasteiger partial charge in [-0.15, -0.1) is 22.7 Å². The predicted octanol–water partition coefficient (Wildman–Crippen LogP) is 2.85. The zero-order chi connectivity index (χ0) is 13.1. The van der Waals surface area contributed by atoms with Gasteiger partial charge in [0.25, 0.3) is 5.91 Å². The maximum atomic E-state index is 11.8. The molecule has 1 amide bonds. The normalized spacial score (nSPS) is 10.3. The molecule has 0 aliphatic rings. The zero-order valence-electron chi connectivity index (χ0n) is 8.84. The SMILES string of the molecule is O=C(O)Cc1csc(NC(=O)c2ccc(Br)s2)n1. The molecule has 0 bridgehead atoms. The average Bonchev–Trinajstić information content (AvgIpc) is 2.87. The van der Waals surface area contributed by atoms with Gasteiger partial charge in [0, 0.05) is 5.38 Å². The van der Waals surface area contributed by atoms with E-state index in [4.69, 9.17) is 5.11 Å². The molecule has 2 aromatic rings. The Bertz CT molecular complexity index is 593. The largest absolute Gasteiger partial charge is 0.481 e. The molecule has 2 rings (SSSR count). The molecular formula is C10H7BrN2O3S2. The van der Waals surface area contributed by atoms with Crippen molar-refractivity contribution in [2.45, 2.75) is 6.42 Å². The molecule has 0 aliphatic carbocycles. The fourth-order valence-corrected chi connectivity index (χ4v) is 3.18. The lowest BCUT2D eigenvalue weighted by Crippen LogP contribution is -2.10. The number of nitrogens with zero attached hydrogens (tertiary/aromatic N) is 1. The molecule has 0 aromatic carbocycles. The minimum Gasteiger partial charge on any atom is -0.481 e. The first-order valence-electron chi connectivity index (χ1n) is 4.77. The Balaban J connectivity index is 2.03. The summed E-state index contributed by atoms with van der Waals surface area (Å²) in [5, 5.41) is 13.3. The number of halogens is 1. The van der Waals surface area contributed by atoms with Gasteiger partial charge in [0.05, 0.1) is 20.8 Å². The van der Waals surface area contributed by atoms with Crippen molar-refractivity contribution in [2.24, 2.45) is 0 Å². The number of carboxylic acids is 1. The highest BCUT2D eigenvalue weighted by Crippen LogP contribution is 2.23. The summed E-state index contributed by atoms with van der Waals surface area (Å²) in [6.45, 7) is 0. The second kappa shape index (κ2) is 5.59. The number of hydrogen-bond donors (Lipinski definition) is 2. The molecule has 2 heterocycles. The van der Waals surface area contributed by atoms with Gasteiger partial charge < -0.3 is 5.11 Å². The topological polar surface area (TPSA) is 79.3 Å². The number of rotatable bonds is 4. The smallest absolute Gasteiger partial charge is 0.309 e. The molecule has 18 heavy (non-hydrogen) atoms. The molecule has 0 saturated carbocycles. The average molecular weight is 347 g/mol. The molecule has 0 fully saturated rings. The number of carbonyl (C=O) groups is 2. The van der Waals surface area contributed by atoms with Crippen molar-refractivity contribution in [3.05, 3.63) is 31.9 Å². The van der Waals surface area contributed by atoms with E-state index in [-0.39, 0.29) is 12.3 Å². The van der Waals surface area contributed by atoms with E-state index in [1.54, 1.807) is 17.5 Å². The summed E-state index contributed by atoms with van der Waals surface area (Å²) >= 11 is 5.81. The minimum absolute atomic E-state index is 0.142. The Morgan fingerprint density at radius 3 is 2.83 bits per heavy atom. The monoisotopic (exact) mass is 346 g/mol. The number of thiazole rings is 1. The molecule has 0 atom stereocenters. The van der Waals surface area contributed by atoms with Crippen molar-refractivity contribution in [1.82, 2.24) is 4.98 Å². The number of aliphatic carboxylic acids is 1. The van der Waals surface area contributed by atoms with Crippen LogP contribution in [0.1, 0.15) is 15.4 Å². The summed E-state index contributed by atoms with van der Waals surface area (Å²) in [5.74, 6) is -1.19. The number of hydrogen-bond acceptors (Lipinski definition) is 5. The van der Waals surface area contributed by atoms with Crippen LogP contribution in [0.5, 0.6) is 0 Å². The van der Waals surface area contributed by atoms with E-state index < -0.39 is 5.97 Å². The van der Waals surface area contributed by atoms with Gasteiger partial charge in [-0.1, -0.05) is 0 Å². The van der Waals surface area contributed by atoms with Crippen LogP contribution in [0.3, 0.4) is 0 Å². The van der Waals surface area contributed by atoms with Crippen LogP contribution in [0.25, 0.3) is 0 Å². The van der Waals surface area contributed by atoms with Crippen LogP contribution in [-0.4, -0.2) is 22.0 Å². The van der Waals surface area contributed by atoms with Crippen LogP contribution < -0.4 is 5.32 Å². The summed E-state index contributed by atoms with van der Waals surface area (Å²) in [6.07, 6.45) is -0.142. The van der Waals surface area contributed by atoms with Crippen molar-refractivity contribution in [2.75, 3.05) is 5.32 Å². The highest BCUT2D eigenvalue weighted by molar-refractivity contribution is 9.11. The van der Waals surface area contributed by atoms with Crippen LogP contribution in [0.2, 0.25) is 0 Å². The van der Waals surface area contributed by atoms with E-state index in [1.807, 2.05) is 0 Å². The van der Waals surface area contributed by atoms with Gasteiger partial charge in [0.15, 0.2) is 5.13 Å². The van der Waals surface area contributed by atoms with Gasteiger partial charge in [0.2, 0.25) is 0 Å². The van der Waals surface area contributed by atoms with Gasteiger partial charge >= 0.3 is 5.97 Å². The van der Waals surface area contributed by atoms with Gasteiger partial charge in [-0.3, -0.25) is 14.9 Å². The number of thiophene rings is 1. The molecule has 94 valence electrons. The van der Waals surface area contributed by atoms with Crippen LogP contribution in [0.4, 0.5) is 5.13 Å². The lowest BCUT2D eigenvalue weighted by molar-refractivity contribution is -0.136.